The van der Waals surface area contributed by atoms with Gasteiger partial charge in [0.1, 0.15) is 11.2 Å². The van der Waals surface area contributed by atoms with E-state index in [1.54, 1.807) is 11.0 Å². The molecule has 8 heteroatoms. The summed E-state index contributed by atoms with van der Waals surface area (Å²) in [6.07, 6.45) is 2.43. The highest BCUT2D eigenvalue weighted by Crippen LogP contribution is 2.38. The van der Waals surface area contributed by atoms with Crippen molar-refractivity contribution in [2.45, 2.75) is 44.1 Å². The highest BCUT2D eigenvalue weighted by atomic mass is 19.1. The van der Waals surface area contributed by atoms with Crippen LogP contribution < -0.4 is 4.90 Å². The first-order chi connectivity index (χ1) is 13.0. The monoisotopic (exact) mass is 375 g/mol. The Morgan fingerprint density at radius 1 is 1.37 bits per heavy atom. The molecule has 0 bridgehead atoms. The van der Waals surface area contributed by atoms with Crippen molar-refractivity contribution in [1.82, 2.24) is 10.1 Å². The van der Waals surface area contributed by atoms with E-state index >= 15 is 0 Å². The summed E-state index contributed by atoms with van der Waals surface area (Å²) in [6.45, 7) is 0.465. The van der Waals surface area contributed by atoms with Gasteiger partial charge in [0.05, 0.1) is 6.10 Å². The fraction of sp³-hybridized carbons (Fsp3) is 0.526. The van der Waals surface area contributed by atoms with Crippen LogP contribution >= 0.6 is 0 Å². The molecule has 1 aromatic heterocycles. The molecule has 1 saturated carbocycles. The maximum absolute atomic E-state index is 13.6. The minimum absolute atomic E-state index is 0.0189. The molecule has 2 atom stereocenters. The predicted octanol–water partition coefficient (Wildman–Crippen LogP) is 2.36. The normalized spacial score (nSPS) is 26.0. The zero-order chi connectivity index (χ0) is 19.0. The van der Waals surface area contributed by atoms with Crippen LogP contribution in [-0.2, 0) is 11.2 Å². The summed E-state index contributed by atoms with van der Waals surface area (Å²) in [4.78, 5) is 18.4. The number of rotatable bonds is 5. The summed E-state index contributed by atoms with van der Waals surface area (Å²) < 4.78 is 18.9. The lowest BCUT2D eigenvalue weighted by atomic mass is 9.73. The fourth-order valence-corrected chi connectivity index (χ4v) is 3.90. The van der Waals surface area contributed by atoms with E-state index in [1.165, 1.54) is 18.2 Å². The van der Waals surface area contributed by atoms with Crippen molar-refractivity contribution < 1.29 is 23.9 Å². The van der Waals surface area contributed by atoms with Gasteiger partial charge in [0, 0.05) is 19.0 Å². The van der Waals surface area contributed by atoms with Gasteiger partial charge in [-0.15, -0.1) is 0 Å². The van der Waals surface area contributed by atoms with Crippen LogP contribution in [0.3, 0.4) is 0 Å². The smallest absolute Gasteiger partial charge is 0.314 e. The van der Waals surface area contributed by atoms with Crippen molar-refractivity contribution in [3.05, 3.63) is 41.5 Å². The number of hydrogen-bond acceptors (Lipinski definition) is 6. The first kappa shape index (κ1) is 17.9. The number of hydrogen-bond donors (Lipinski definition) is 2. The van der Waals surface area contributed by atoms with Crippen LogP contribution in [0.5, 0.6) is 0 Å². The molecular formula is C19H22FN3O4. The molecule has 27 heavy (non-hydrogen) atoms. The summed E-state index contributed by atoms with van der Waals surface area (Å²) in [5.41, 5.74) is -0.940. The third-order valence-electron chi connectivity index (χ3n) is 5.79. The van der Waals surface area contributed by atoms with E-state index < -0.39 is 23.3 Å². The lowest BCUT2D eigenvalue weighted by molar-refractivity contribution is -0.157. The SMILES string of the molecule is O=C(O)[C@]1(Cc2cccc(F)c2)CN(c2noc(C3CCC3)n2)CC[C@@H]1O. The molecule has 1 aromatic carbocycles. The third kappa shape index (κ3) is 3.29. The van der Waals surface area contributed by atoms with Crippen LogP contribution in [0.15, 0.2) is 28.8 Å². The molecule has 2 aromatic rings. The molecule has 1 aliphatic heterocycles. The number of aliphatic hydroxyl groups excluding tert-OH is 1. The summed E-state index contributed by atoms with van der Waals surface area (Å²) >= 11 is 0. The molecule has 2 N–H and O–H groups in total. The van der Waals surface area contributed by atoms with Gasteiger partial charge in [-0.2, -0.15) is 4.98 Å². The first-order valence-electron chi connectivity index (χ1n) is 9.22. The predicted molar refractivity (Wildman–Crippen MR) is 93.9 cm³/mol. The molecule has 1 aliphatic carbocycles. The second-order valence-corrected chi connectivity index (χ2v) is 7.55. The Labute approximate surface area is 155 Å². The number of nitrogens with zero attached hydrogens (tertiary/aromatic N) is 3. The number of anilines is 1. The Morgan fingerprint density at radius 3 is 2.85 bits per heavy atom. The number of carbonyl (C=O) groups is 1. The van der Waals surface area contributed by atoms with Gasteiger partial charge in [0.25, 0.3) is 5.95 Å². The lowest BCUT2D eigenvalue weighted by Gasteiger charge is -2.43. The van der Waals surface area contributed by atoms with Crippen LogP contribution in [0.4, 0.5) is 10.3 Å². The van der Waals surface area contributed by atoms with Crippen molar-refractivity contribution in [2.24, 2.45) is 5.41 Å². The standard InChI is InChI=1S/C19H22FN3O4/c20-14-6-1-3-12(9-14)10-19(17(25)26)11-23(8-7-15(19)24)18-21-16(27-22-18)13-4-2-5-13/h1,3,6,9,13,15,24H,2,4-5,7-8,10-11H2,(H,25,26)/t15-,19+/m0/s1. The van der Waals surface area contributed by atoms with Crippen LogP contribution in [0.2, 0.25) is 0 Å². The number of halogens is 1. The van der Waals surface area contributed by atoms with Crippen molar-refractivity contribution in [1.29, 1.82) is 0 Å². The number of aromatic nitrogens is 2. The molecule has 2 heterocycles. The van der Waals surface area contributed by atoms with Crippen molar-refractivity contribution in [2.75, 3.05) is 18.0 Å². The van der Waals surface area contributed by atoms with Gasteiger partial charge in [-0.05, 0) is 48.5 Å². The number of aliphatic hydroxyl groups is 1. The molecule has 2 fully saturated rings. The molecule has 7 nitrogen and oxygen atoms in total. The molecule has 2 aliphatic rings. The molecule has 4 rings (SSSR count). The number of piperidine rings is 1. The quantitative estimate of drug-likeness (QED) is 0.827. The summed E-state index contributed by atoms with van der Waals surface area (Å²) in [5, 5.41) is 24.5. The number of aliphatic carboxylic acids is 1. The van der Waals surface area contributed by atoms with E-state index in [0.717, 1.165) is 19.3 Å². The van der Waals surface area contributed by atoms with Gasteiger partial charge in [-0.3, -0.25) is 4.79 Å². The van der Waals surface area contributed by atoms with Gasteiger partial charge in [-0.25, -0.2) is 4.39 Å². The van der Waals surface area contributed by atoms with Crippen LogP contribution in [-0.4, -0.2) is 45.5 Å². The highest BCUT2D eigenvalue weighted by molar-refractivity contribution is 5.77. The molecule has 0 amide bonds. The van der Waals surface area contributed by atoms with Crippen LogP contribution in [0, 0.1) is 11.2 Å². The summed E-state index contributed by atoms with van der Waals surface area (Å²) in [6, 6.07) is 5.82. The van der Waals surface area contributed by atoms with E-state index in [1.807, 2.05) is 0 Å². The molecular weight excluding hydrogens is 353 g/mol. The van der Waals surface area contributed by atoms with E-state index in [9.17, 15) is 19.4 Å². The molecule has 0 radical (unpaired) electrons. The van der Waals surface area contributed by atoms with Gasteiger partial charge in [0.15, 0.2) is 0 Å². The first-order valence-corrected chi connectivity index (χ1v) is 9.22. The van der Waals surface area contributed by atoms with Gasteiger partial charge < -0.3 is 19.6 Å². The van der Waals surface area contributed by atoms with Gasteiger partial charge in [-0.1, -0.05) is 18.6 Å². The van der Waals surface area contributed by atoms with E-state index in [2.05, 4.69) is 10.1 Å². The minimum atomic E-state index is -1.47. The minimum Gasteiger partial charge on any atom is -0.481 e. The number of carboxylic acids is 1. The Kier molecular flexibility index (Phi) is 4.59. The van der Waals surface area contributed by atoms with Gasteiger partial charge in [0.2, 0.25) is 5.89 Å². The van der Waals surface area contributed by atoms with Crippen molar-refractivity contribution >= 4 is 11.9 Å². The van der Waals surface area contributed by atoms with Gasteiger partial charge >= 0.3 is 5.97 Å². The van der Waals surface area contributed by atoms with E-state index in [0.29, 0.717) is 23.9 Å². The fourth-order valence-electron chi connectivity index (χ4n) is 3.90. The Balaban J connectivity index is 1.59. The highest BCUT2D eigenvalue weighted by Gasteiger charge is 2.50. The zero-order valence-electron chi connectivity index (χ0n) is 14.8. The maximum Gasteiger partial charge on any atom is 0.314 e. The molecule has 0 unspecified atom stereocenters. The summed E-state index contributed by atoms with van der Waals surface area (Å²) in [5.74, 6) is -0.314. The Morgan fingerprint density at radius 2 is 2.19 bits per heavy atom. The molecule has 1 saturated heterocycles. The van der Waals surface area contributed by atoms with Crippen LogP contribution in [0.25, 0.3) is 0 Å². The molecule has 144 valence electrons. The Hall–Kier alpha value is -2.48. The third-order valence-corrected chi connectivity index (χ3v) is 5.79. The second-order valence-electron chi connectivity index (χ2n) is 7.55. The summed E-state index contributed by atoms with van der Waals surface area (Å²) in [7, 11) is 0. The van der Waals surface area contributed by atoms with E-state index in [4.69, 9.17) is 4.52 Å². The maximum atomic E-state index is 13.6. The largest absolute Gasteiger partial charge is 0.481 e. The average Bonchev–Trinajstić information content (AvgIpc) is 3.04. The number of benzene rings is 1. The lowest BCUT2D eigenvalue weighted by Crippen LogP contribution is -2.57. The topological polar surface area (TPSA) is 99.7 Å². The second kappa shape index (κ2) is 6.92. The van der Waals surface area contributed by atoms with Crippen molar-refractivity contribution in [3.8, 4) is 0 Å². The molecule has 0 spiro atoms. The van der Waals surface area contributed by atoms with Crippen molar-refractivity contribution in [3.63, 3.8) is 0 Å². The average molecular weight is 375 g/mol. The van der Waals surface area contributed by atoms with E-state index in [-0.39, 0.29) is 25.3 Å². The van der Waals surface area contributed by atoms with Crippen LogP contribution in [0.1, 0.15) is 43.1 Å². The number of carboxylic acid groups (broad SMARTS) is 1. The Bertz CT molecular complexity index is 838. The zero-order valence-corrected chi connectivity index (χ0v) is 14.8.